The first kappa shape index (κ1) is 30.0. The van der Waals surface area contributed by atoms with Gasteiger partial charge in [-0.3, -0.25) is 9.78 Å². The molecule has 2 aromatic heterocycles. The van der Waals surface area contributed by atoms with Crippen LogP contribution in [0, 0.1) is 0 Å². The van der Waals surface area contributed by atoms with Gasteiger partial charge in [-0.15, -0.1) is 0 Å². The highest BCUT2D eigenvalue weighted by molar-refractivity contribution is 6.04. The van der Waals surface area contributed by atoms with Crippen molar-refractivity contribution < 1.29 is 14.3 Å². The molecular weight excluding hydrogens is 586 g/mol. The second-order valence-electron chi connectivity index (χ2n) is 11.4. The third-order valence-electron chi connectivity index (χ3n) is 8.37. The van der Waals surface area contributed by atoms with Gasteiger partial charge in [0.2, 0.25) is 0 Å². The molecule has 7 rings (SSSR count). The molecule has 6 aromatic rings. The summed E-state index contributed by atoms with van der Waals surface area (Å²) < 4.78 is 10.9. The van der Waals surface area contributed by atoms with Crippen LogP contribution in [0.4, 0.5) is 17.2 Å². The summed E-state index contributed by atoms with van der Waals surface area (Å²) in [5.41, 5.74) is 8.57. The summed E-state index contributed by atoms with van der Waals surface area (Å²) >= 11 is 0. The minimum atomic E-state index is -0.197. The Morgan fingerprint density at radius 2 is 1.64 bits per heavy atom. The largest absolute Gasteiger partial charge is 0.497 e. The van der Waals surface area contributed by atoms with E-state index in [1.807, 2.05) is 36.4 Å². The maximum atomic E-state index is 12.7. The Morgan fingerprint density at radius 1 is 0.851 bits per heavy atom. The number of morpholine rings is 1. The number of pyridine rings is 2. The van der Waals surface area contributed by atoms with Crippen LogP contribution in [0.1, 0.15) is 15.9 Å². The van der Waals surface area contributed by atoms with Crippen LogP contribution in [-0.4, -0.2) is 49.3 Å². The fourth-order valence-corrected chi connectivity index (χ4v) is 5.79. The summed E-state index contributed by atoms with van der Waals surface area (Å²) in [6, 6.07) is 36.6. The highest BCUT2D eigenvalue weighted by Crippen LogP contribution is 2.34. The third kappa shape index (κ3) is 6.93. The molecule has 1 saturated heterocycles. The molecule has 0 bridgehead atoms. The van der Waals surface area contributed by atoms with Gasteiger partial charge in [0.25, 0.3) is 5.91 Å². The van der Waals surface area contributed by atoms with Crippen LogP contribution < -0.4 is 20.3 Å². The van der Waals surface area contributed by atoms with Gasteiger partial charge < -0.3 is 25.0 Å². The zero-order valence-corrected chi connectivity index (χ0v) is 26.1. The Bertz CT molecular complexity index is 1990. The van der Waals surface area contributed by atoms with Crippen molar-refractivity contribution in [1.82, 2.24) is 9.97 Å². The van der Waals surface area contributed by atoms with Gasteiger partial charge in [-0.2, -0.15) is 0 Å². The van der Waals surface area contributed by atoms with Gasteiger partial charge >= 0.3 is 0 Å². The molecule has 4 aromatic carbocycles. The number of fused-ring (bicyclic) bond motifs is 1. The fraction of sp³-hybridized carbons (Fsp3) is 0.154. The van der Waals surface area contributed by atoms with E-state index in [0.717, 1.165) is 76.6 Å². The first-order valence-corrected chi connectivity index (χ1v) is 15.7. The van der Waals surface area contributed by atoms with Crippen molar-refractivity contribution in [3.05, 3.63) is 133 Å². The van der Waals surface area contributed by atoms with E-state index < -0.39 is 0 Å². The lowest BCUT2D eigenvalue weighted by atomic mass is 9.99. The molecule has 0 spiro atoms. The molecule has 0 unspecified atom stereocenters. The number of nitrogens with one attached hydrogen (secondary N) is 2. The number of carbonyl (C=O) groups is 1. The first-order valence-electron chi connectivity index (χ1n) is 15.7. The summed E-state index contributed by atoms with van der Waals surface area (Å²) in [5.74, 6) is 1.45. The van der Waals surface area contributed by atoms with Gasteiger partial charge in [-0.25, -0.2) is 4.98 Å². The third-order valence-corrected chi connectivity index (χ3v) is 8.37. The lowest BCUT2D eigenvalue weighted by molar-refractivity contribution is 0.102. The zero-order chi connectivity index (χ0) is 32.0. The predicted octanol–water partition coefficient (Wildman–Crippen LogP) is 7.67. The van der Waals surface area contributed by atoms with Crippen molar-refractivity contribution >= 4 is 34.0 Å². The summed E-state index contributed by atoms with van der Waals surface area (Å²) in [6.45, 7) is 3.90. The van der Waals surface area contributed by atoms with Crippen molar-refractivity contribution in [2.24, 2.45) is 0 Å². The molecule has 47 heavy (non-hydrogen) atoms. The average Bonchev–Trinajstić information content (AvgIpc) is 3.14. The second-order valence-corrected chi connectivity index (χ2v) is 11.4. The molecule has 234 valence electrons. The average molecular weight is 622 g/mol. The summed E-state index contributed by atoms with van der Waals surface area (Å²) in [4.78, 5) is 24.3. The van der Waals surface area contributed by atoms with Crippen LogP contribution >= 0.6 is 0 Å². The molecule has 0 saturated carbocycles. The molecule has 2 N–H and O–H groups in total. The number of anilines is 3. The lowest BCUT2D eigenvalue weighted by Gasteiger charge is -2.29. The van der Waals surface area contributed by atoms with E-state index in [4.69, 9.17) is 14.5 Å². The minimum absolute atomic E-state index is 0.197. The van der Waals surface area contributed by atoms with Crippen LogP contribution in [0.15, 0.2) is 122 Å². The number of benzene rings is 4. The Kier molecular flexibility index (Phi) is 8.75. The number of aromatic nitrogens is 2. The zero-order valence-electron chi connectivity index (χ0n) is 26.1. The molecule has 0 atom stereocenters. The number of hydrogen-bond acceptors (Lipinski definition) is 7. The van der Waals surface area contributed by atoms with E-state index in [1.54, 1.807) is 31.6 Å². The van der Waals surface area contributed by atoms with E-state index in [1.165, 1.54) is 5.69 Å². The molecule has 8 heteroatoms. The van der Waals surface area contributed by atoms with Gasteiger partial charge in [-0.05, 0) is 89.0 Å². The Hall–Kier alpha value is -5.73. The van der Waals surface area contributed by atoms with E-state index in [9.17, 15) is 4.79 Å². The molecule has 1 aliphatic heterocycles. The SMILES string of the molecule is COc1ccc(CNc2nc3ccc(-c4cccc(NC(=O)c5cccnc5)c4)cc3cc2-c2ccc(N3CCOCC3)cc2)cc1. The number of nitrogens with zero attached hydrogens (tertiary/aromatic N) is 3. The van der Waals surface area contributed by atoms with Crippen LogP contribution in [0.5, 0.6) is 5.75 Å². The molecule has 1 fully saturated rings. The van der Waals surface area contributed by atoms with Crippen LogP contribution in [0.3, 0.4) is 0 Å². The second kappa shape index (κ2) is 13.7. The molecule has 8 nitrogen and oxygen atoms in total. The topological polar surface area (TPSA) is 88.6 Å². The van der Waals surface area contributed by atoms with E-state index in [0.29, 0.717) is 17.8 Å². The number of carbonyl (C=O) groups excluding carboxylic acids is 1. The monoisotopic (exact) mass is 621 g/mol. The summed E-state index contributed by atoms with van der Waals surface area (Å²) in [7, 11) is 1.67. The maximum Gasteiger partial charge on any atom is 0.257 e. The van der Waals surface area contributed by atoms with Gasteiger partial charge in [0.05, 0.1) is 31.4 Å². The number of rotatable bonds is 9. The van der Waals surface area contributed by atoms with Crippen molar-refractivity contribution in [3.8, 4) is 28.0 Å². The van der Waals surface area contributed by atoms with Gasteiger partial charge in [-0.1, -0.05) is 42.5 Å². The normalized spacial score (nSPS) is 12.9. The van der Waals surface area contributed by atoms with Crippen LogP contribution in [0.25, 0.3) is 33.2 Å². The van der Waals surface area contributed by atoms with Gasteiger partial charge in [0.1, 0.15) is 11.6 Å². The molecule has 0 aliphatic carbocycles. The van der Waals surface area contributed by atoms with Crippen molar-refractivity contribution in [2.45, 2.75) is 6.54 Å². The van der Waals surface area contributed by atoms with Crippen LogP contribution in [-0.2, 0) is 11.3 Å². The molecular formula is C39H35N5O3. The van der Waals surface area contributed by atoms with Gasteiger partial charge in [0, 0.05) is 54.4 Å². The summed E-state index contributed by atoms with van der Waals surface area (Å²) in [6.07, 6.45) is 3.21. The van der Waals surface area contributed by atoms with Gasteiger partial charge in [0.15, 0.2) is 0 Å². The fourth-order valence-electron chi connectivity index (χ4n) is 5.79. The van der Waals surface area contributed by atoms with Crippen molar-refractivity contribution in [1.29, 1.82) is 0 Å². The van der Waals surface area contributed by atoms with Crippen molar-refractivity contribution in [3.63, 3.8) is 0 Å². The molecule has 1 amide bonds. The Balaban J connectivity index is 1.21. The standard InChI is InChI=1S/C39H35N5O3/c1-46-35-14-7-27(8-15-35)25-41-38-36(28-9-12-34(13-10-28)44-18-20-47-21-19-44)24-32-22-30(11-16-37(32)43-38)29-4-2-6-33(23-29)42-39(45)31-5-3-17-40-26-31/h2-17,22-24,26H,18-21,25H2,1H3,(H,41,43)(H,42,45). The van der Waals surface area contributed by atoms with Crippen LogP contribution in [0.2, 0.25) is 0 Å². The van der Waals surface area contributed by atoms with E-state index >= 15 is 0 Å². The smallest absolute Gasteiger partial charge is 0.257 e. The summed E-state index contributed by atoms with van der Waals surface area (Å²) in [5, 5.41) is 7.61. The first-order chi connectivity index (χ1) is 23.1. The quantitative estimate of drug-likeness (QED) is 0.171. The highest BCUT2D eigenvalue weighted by atomic mass is 16.5. The number of methoxy groups -OCH3 is 1. The highest BCUT2D eigenvalue weighted by Gasteiger charge is 2.15. The molecule has 1 aliphatic rings. The number of amides is 1. The van der Waals surface area contributed by atoms with Crippen molar-refractivity contribution in [2.75, 3.05) is 48.9 Å². The Morgan fingerprint density at radius 3 is 2.40 bits per heavy atom. The minimum Gasteiger partial charge on any atom is -0.497 e. The van der Waals surface area contributed by atoms with E-state index in [-0.39, 0.29) is 5.91 Å². The number of hydrogen-bond donors (Lipinski definition) is 2. The van der Waals surface area contributed by atoms with E-state index in [2.05, 4.69) is 81.2 Å². The maximum absolute atomic E-state index is 12.7. The number of ether oxygens (including phenoxy) is 2. The molecule has 3 heterocycles. The predicted molar refractivity (Wildman–Crippen MR) is 188 cm³/mol. The Labute approximate surface area is 274 Å². The lowest BCUT2D eigenvalue weighted by Crippen LogP contribution is -2.36. The molecule has 0 radical (unpaired) electrons.